The monoisotopic (exact) mass is 458 g/mol. The Hall–Kier alpha value is -1.57. The van der Waals surface area contributed by atoms with Crippen LogP contribution in [0, 0.1) is 0 Å². The van der Waals surface area contributed by atoms with E-state index in [1.807, 2.05) is 12.1 Å². The maximum Gasteiger partial charge on any atom is 0.246 e. The van der Waals surface area contributed by atoms with Gasteiger partial charge in [-0.15, -0.1) is 0 Å². The summed E-state index contributed by atoms with van der Waals surface area (Å²) in [5, 5.41) is 0.785. The van der Waals surface area contributed by atoms with E-state index in [4.69, 9.17) is 34.8 Å². The lowest BCUT2D eigenvalue weighted by Gasteiger charge is -2.33. The van der Waals surface area contributed by atoms with Gasteiger partial charge in [-0.2, -0.15) is 4.31 Å². The smallest absolute Gasteiger partial charge is 0.246 e. The number of hydrogen-bond donors (Lipinski definition) is 0. The maximum atomic E-state index is 12.9. The Labute approximate surface area is 179 Å². The van der Waals surface area contributed by atoms with Gasteiger partial charge >= 0.3 is 0 Å². The number of carbonyl (C=O) groups excluding carboxylic acids is 1. The summed E-state index contributed by atoms with van der Waals surface area (Å²) in [6.45, 7) is 0.908. The molecule has 0 bridgehead atoms. The van der Waals surface area contributed by atoms with Gasteiger partial charge < -0.3 is 4.90 Å². The molecule has 1 fully saturated rings. The van der Waals surface area contributed by atoms with Crippen molar-refractivity contribution in [1.82, 2.24) is 9.21 Å². The Bertz CT molecular complexity index is 979. The van der Waals surface area contributed by atoms with Crippen LogP contribution >= 0.6 is 34.8 Å². The summed E-state index contributed by atoms with van der Waals surface area (Å²) in [5.41, 5.74) is 0.854. The van der Waals surface area contributed by atoms with Crippen LogP contribution in [-0.4, -0.2) is 49.7 Å². The molecule has 0 atom stereocenters. The molecule has 1 saturated heterocycles. The van der Waals surface area contributed by atoms with Crippen molar-refractivity contribution in [1.29, 1.82) is 0 Å². The zero-order valence-corrected chi connectivity index (χ0v) is 17.8. The fourth-order valence-electron chi connectivity index (χ4n) is 2.85. The van der Waals surface area contributed by atoms with E-state index in [1.54, 1.807) is 29.2 Å². The van der Waals surface area contributed by atoms with E-state index >= 15 is 0 Å². The summed E-state index contributed by atoms with van der Waals surface area (Å²) in [7, 11) is -3.83. The first kappa shape index (κ1) is 21.1. The molecule has 1 heterocycles. The number of nitrogens with zero attached hydrogens (tertiary/aromatic N) is 2. The van der Waals surface area contributed by atoms with Crippen LogP contribution in [0.15, 0.2) is 53.4 Å². The first-order valence-electron chi connectivity index (χ1n) is 8.46. The van der Waals surface area contributed by atoms with E-state index in [0.717, 1.165) is 5.56 Å². The van der Waals surface area contributed by atoms with Crippen LogP contribution in [0.3, 0.4) is 0 Å². The van der Waals surface area contributed by atoms with E-state index in [1.165, 1.54) is 22.5 Å². The Morgan fingerprint density at radius 1 is 0.893 bits per heavy atom. The molecule has 1 aliphatic rings. The van der Waals surface area contributed by atoms with Crippen molar-refractivity contribution in [3.63, 3.8) is 0 Å². The standard InChI is InChI=1S/C19H17Cl3N2O3S/c20-15-7-4-14(5-8-15)6-9-18(25)23-10-12-24(13-11-23)28(26,27)19-16(21)2-1-3-17(19)22/h1-9H,10-13H2/b9-6+. The number of amides is 1. The molecule has 28 heavy (non-hydrogen) atoms. The van der Waals surface area contributed by atoms with E-state index in [2.05, 4.69) is 0 Å². The summed E-state index contributed by atoms with van der Waals surface area (Å²) < 4.78 is 27.0. The minimum absolute atomic E-state index is 0.0805. The van der Waals surface area contributed by atoms with Crippen LogP contribution < -0.4 is 0 Å². The van der Waals surface area contributed by atoms with Gasteiger partial charge in [0.05, 0.1) is 10.0 Å². The zero-order valence-electron chi connectivity index (χ0n) is 14.7. The minimum Gasteiger partial charge on any atom is -0.337 e. The quantitative estimate of drug-likeness (QED) is 0.644. The molecule has 0 spiro atoms. The number of rotatable bonds is 4. The molecule has 1 aliphatic heterocycles. The van der Waals surface area contributed by atoms with Crippen molar-refractivity contribution < 1.29 is 13.2 Å². The topological polar surface area (TPSA) is 57.7 Å². The Morgan fingerprint density at radius 3 is 2.04 bits per heavy atom. The van der Waals surface area contributed by atoms with Crippen molar-refractivity contribution in [2.75, 3.05) is 26.2 Å². The first-order chi connectivity index (χ1) is 13.3. The van der Waals surface area contributed by atoms with Gasteiger partial charge in [-0.25, -0.2) is 8.42 Å². The number of piperazine rings is 1. The average Bonchev–Trinajstić information content (AvgIpc) is 2.67. The minimum atomic E-state index is -3.83. The molecular weight excluding hydrogens is 443 g/mol. The first-order valence-corrected chi connectivity index (χ1v) is 11.0. The van der Waals surface area contributed by atoms with Gasteiger partial charge in [-0.1, -0.05) is 53.0 Å². The van der Waals surface area contributed by atoms with Crippen molar-refractivity contribution in [2.45, 2.75) is 4.90 Å². The summed E-state index contributed by atoms with van der Waals surface area (Å²) >= 11 is 17.9. The van der Waals surface area contributed by atoms with Crippen LogP contribution in [0.25, 0.3) is 6.08 Å². The van der Waals surface area contributed by atoms with Crippen LogP contribution in [0.4, 0.5) is 0 Å². The highest BCUT2D eigenvalue weighted by Gasteiger charge is 2.32. The van der Waals surface area contributed by atoms with Crippen molar-refractivity contribution in [2.24, 2.45) is 0 Å². The maximum absolute atomic E-state index is 12.9. The van der Waals surface area contributed by atoms with E-state index < -0.39 is 10.0 Å². The number of sulfonamides is 1. The number of benzene rings is 2. The molecular formula is C19H17Cl3N2O3S. The lowest BCUT2D eigenvalue weighted by molar-refractivity contribution is -0.127. The number of hydrogen-bond acceptors (Lipinski definition) is 3. The Morgan fingerprint density at radius 2 is 1.46 bits per heavy atom. The lowest BCUT2D eigenvalue weighted by atomic mass is 10.2. The van der Waals surface area contributed by atoms with Crippen LogP contribution in [-0.2, 0) is 14.8 Å². The van der Waals surface area contributed by atoms with Crippen molar-refractivity contribution in [3.05, 3.63) is 69.2 Å². The predicted octanol–water partition coefficient (Wildman–Crippen LogP) is 4.19. The van der Waals surface area contributed by atoms with Gasteiger partial charge in [0, 0.05) is 37.3 Å². The molecule has 0 radical (unpaired) electrons. The average molecular weight is 460 g/mol. The van der Waals surface area contributed by atoms with E-state index in [-0.39, 0.29) is 47.0 Å². The molecule has 0 aromatic heterocycles. The molecule has 0 saturated carbocycles. The summed E-state index contributed by atoms with van der Waals surface area (Å²) in [4.78, 5) is 13.9. The molecule has 1 amide bonds. The summed E-state index contributed by atoms with van der Waals surface area (Å²) in [5.74, 6) is -0.178. The van der Waals surface area contributed by atoms with Crippen LogP contribution in [0.5, 0.6) is 0 Å². The second-order valence-corrected chi connectivity index (χ2v) is 9.29. The van der Waals surface area contributed by atoms with Gasteiger partial charge in [-0.05, 0) is 35.9 Å². The number of halogens is 3. The fourth-order valence-corrected chi connectivity index (χ4v) is 5.49. The predicted molar refractivity (Wildman–Crippen MR) is 112 cm³/mol. The molecule has 3 rings (SSSR count). The molecule has 0 N–H and O–H groups in total. The lowest BCUT2D eigenvalue weighted by Crippen LogP contribution is -2.50. The SMILES string of the molecule is O=C(/C=C/c1ccc(Cl)cc1)N1CCN(S(=O)(=O)c2c(Cl)cccc2Cl)CC1. The number of carbonyl (C=O) groups is 1. The highest BCUT2D eigenvalue weighted by Crippen LogP contribution is 2.31. The normalized spacial score (nSPS) is 15.9. The highest BCUT2D eigenvalue weighted by molar-refractivity contribution is 7.89. The summed E-state index contributed by atoms with van der Waals surface area (Å²) in [6.07, 6.45) is 3.17. The fraction of sp³-hybridized carbons (Fsp3) is 0.211. The summed E-state index contributed by atoms with van der Waals surface area (Å²) in [6, 6.07) is 11.7. The molecule has 2 aromatic carbocycles. The largest absolute Gasteiger partial charge is 0.337 e. The van der Waals surface area contributed by atoms with Crippen molar-refractivity contribution in [3.8, 4) is 0 Å². The van der Waals surface area contributed by atoms with E-state index in [0.29, 0.717) is 5.02 Å². The third-order valence-electron chi connectivity index (χ3n) is 4.36. The van der Waals surface area contributed by atoms with Gasteiger partial charge in [0.15, 0.2) is 0 Å². The third kappa shape index (κ3) is 4.70. The van der Waals surface area contributed by atoms with Crippen LogP contribution in [0.2, 0.25) is 15.1 Å². The molecule has 148 valence electrons. The molecule has 0 aliphatic carbocycles. The van der Waals surface area contributed by atoms with E-state index in [9.17, 15) is 13.2 Å². The molecule has 5 nitrogen and oxygen atoms in total. The third-order valence-corrected chi connectivity index (χ3v) is 7.46. The second-order valence-electron chi connectivity index (χ2n) is 6.17. The van der Waals surface area contributed by atoms with Gasteiger partial charge in [-0.3, -0.25) is 4.79 Å². The zero-order chi connectivity index (χ0) is 20.3. The van der Waals surface area contributed by atoms with Crippen LogP contribution in [0.1, 0.15) is 5.56 Å². The Balaban J connectivity index is 1.65. The van der Waals surface area contributed by atoms with Gasteiger partial charge in [0.25, 0.3) is 0 Å². The molecule has 2 aromatic rings. The molecule has 9 heteroatoms. The Kier molecular flexibility index (Phi) is 6.68. The van der Waals surface area contributed by atoms with Gasteiger partial charge in [0.1, 0.15) is 4.90 Å². The highest BCUT2D eigenvalue weighted by atomic mass is 35.5. The van der Waals surface area contributed by atoms with Crippen molar-refractivity contribution >= 4 is 56.8 Å². The second kappa shape index (κ2) is 8.84. The van der Waals surface area contributed by atoms with Gasteiger partial charge in [0.2, 0.25) is 15.9 Å². The molecule has 0 unspecified atom stereocenters.